The lowest BCUT2D eigenvalue weighted by molar-refractivity contribution is 0.0946. The quantitative estimate of drug-likeness (QED) is 0.561. The maximum Gasteiger partial charge on any atom is 0.251 e. The fourth-order valence-corrected chi connectivity index (χ4v) is 2.69. The number of rotatable bonds is 11. The van der Waals surface area contributed by atoms with Gasteiger partial charge in [-0.1, -0.05) is 18.5 Å². The molecule has 28 heavy (non-hydrogen) atoms. The second-order valence-corrected chi connectivity index (χ2v) is 6.25. The first-order chi connectivity index (χ1) is 13.6. The summed E-state index contributed by atoms with van der Waals surface area (Å²) in [5.74, 6) is 2.11. The second-order valence-electron chi connectivity index (χ2n) is 5.85. The van der Waals surface area contributed by atoms with Gasteiger partial charge in [0.05, 0.1) is 31.9 Å². The summed E-state index contributed by atoms with van der Waals surface area (Å²) in [5, 5.41) is 3.14. The van der Waals surface area contributed by atoms with Gasteiger partial charge in [0.2, 0.25) is 0 Å². The summed E-state index contributed by atoms with van der Waals surface area (Å²) < 4.78 is 21.9. The standard InChI is InChI=1S/C21H26ClNO5/c1-4-11-28-20-18(22)13-15(14-19(20)25-3)21(24)23-10-12-27-17-8-6-16(7-9-17)26-5-2/h6-9,13-14H,4-5,10-12H2,1-3H3,(H,23,24). The van der Waals surface area contributed by atoms with E-state index in [0.717, 1.165) is 12.2 Å². The van der Waals surface area contributed by atoms with Crippen molar-refractivity contribution in [2.45, 2.75) is 20.3 Å². The molecule has 0 heterocycles. The zero-order chi connectivity index (χ0) is 20.4. The summed E-state index contributed by atoms with van der Waals surface area (Å²) in [6.07, 6.45) is 0.843. The second kappa shape index (κ2) is 11.3. The van der Waals surface area contributed by atoms with Crippen molar-refractivity contribution in [1.82, 2.24) is 5.32 Å². The first kappa shape index (κ1) is 21.7. The molecule has 6 nitrogen and oxygen atoms in total. The van der Waals surface area contributed by atoms with Crippen LogP contribution in [0.1, 0.15) is 30.6 Å². The van der Waals surface area contributed by atoms with Crippen LogP contribution in [-0.4, -0.2) is 39.4 Å². The van der Waals surface area contributed by atoms with Crippen molar-refractivity contribution in [3.05, 3.63) is 47.0 Å². The molecule has 152 valence electrons. The third-order valence-electron chi connectivity index (χ3n) is 3.73. The molecule has 0 unspecified atom stereocenters. The number of amides is 1. The zero-order valence-corrected chi connectivity index (χ0v) is 17.2. The average Bonchev–Trinajstić information content (AvgIpc) is 2.71. The zero-order valence-electron chi connectivity index (χ0n) is 16.4. The van der Waals surface area contributed by atoms with Gasteiger partial charge in [-0.15, -0.1) is 0 Å². The van der Waals surface area contributed by atoms with Gasteiger partial charge in [0, 0.05) is 5.56 Å². The van der Waals surface area contributed by atoms with Crippen LogP contribution in [0.15, 0.2) is 36.4 Å². The number of carbonyl (C=O) groups excluding carboxylic acids is 1. The highest BCUT2D eigenvalue weighted by molar-refractivity contribution is 6.32. The van der Waals surface area contributed by atoms with Gasteiger partial charge in [-0.25, -0.2) is 0 Å². The minimum Gasteiger partial charge on any atom is -0.494 e. The fourth-order valence-electron chi connectivity index (χ4n) is 2.43. The first-order valence-electron chi connectivity index (χ1n) is 9.23. The number of hydrogen-bond acceptors (Lipinski definition) is 5. The summed E-state index contributed by atoms with van der Waals surface area (Å²) >= 11 is 6.25. The van der Waals surface area contributed by atoms with Crippen LogP contribution in [0.3, 0.4) is 0 Å². The summed E-state index contributed by atoms with van der Waals surface area (Å²) in [6, 6.07) is 10.5. The first-order valence-corrected chi connectivity index (χ1v) is 9.61. The SMILES string of the molecule is CCCOc1c(Cl)cc(C(=O)NCCOc2ccc(OCC)cc2)cc1OC. The highest BCUT2D eigenvalue weighted by Crippen LogP contribution is 2.36. The molecule has 0 aliphatic carbocycles. The largest absolute Gasteiger partial charge is 0.494 e. The molecule has 2 aromatic rings. The number of halogens is 1. The molecule has 2 rings (SSSR count). The van der Waals surface area contributed by atoms with E-state index in [-0.39, 0.29) is 5.91 Å². The Kier molecular flexibility index (Phi) is 8.75. The molecular formula is C21H26ClNO5. The van der Waals surface area contributed by atoms with E-state index in [2.05, 4.69) is 5.32 Å². The van der Waals surface area contributed by atoms with Crippen LogP contribution in [0.25, 0.3) is 0 Å². The van der Waals surface area contributed by atoms with Crippen LogP contribution in [-0.2, 0) is 0 Å². The normalized spacial score (nSPS) is 10.3. The van der Waals surface area contributed by atoms with Crippen molar-refractivity contribution in [3.8, 4) is 23.0 Å². The van der Waals surface area contributed by atoms with E-state index in [1.54, 1.807) is 12.1 Å². The van der Waals surface area contributed by atoms with Crippen molar-refractivity contribution in [3.63, 3.8) is 0 Å². The Hall–Kier alpha value is -2.60. The third kappa shape index (κ3) is 6.23. The van der Waals surface area contributed by atoms with Gasteiger partial charge in [0.15, 0.2) is 11.5 Å². The number of carbonyl (C=O) groups is 1. The molecule has 2 aromatic carbocycles. The Labute approximate surface area is 170 Å². The van der Waals surface area contributed by atoms with Crippen LogP contribution in [0.4, 0.5) is 0 Å². The highest BCUT2D eigenvalue weighted by atomic mass is 35.5. The highest BCUT2D eigenvalue weighted by Gasteiger charge is 2.15. The molecule has 0 saturated carbocycles. The summed E-state index contributed by atoms with van der Waals surface area (Å²) in [5.41, 5.74) is 0.395. The van der Waals surface area contributed by atoms with E-state index in [4.69, 9.17) is 30.5 Å². The van der Waals surface area contributed by atoms with Gasteiger partial charge in [0.1, 0.15) is 18.1 Å². The maximum absolute atomic E-state index is 12.4. The molecule has 1 N–H and O–H groups in total. The van der Waals surface area contributed by atoms with Gasteiger partial charge in [-0.2, -0.15) is 0 Å². The van der Waals surface area contributed by atoms with E-state index in [1.807, 2.05) is 38.1 Å². The van der Waals surface area contributed by atoms with E-state index >= 15 is 0 Å². The summed E-state index contributed by atoms with van der Waals surface area (Å²) in [4.78, 5) is 12.4. The van der Waals surface area contributed by atoms with Gasteiger partial charge in [-0.05, 0) is 49.7 Å². The molecule has 0 bridgehead atoms. The summed E-state index contributed by atoms with van der Waals surface area (Å²) in [6.45, 7) is 5.75. The third-order valence-corrected chi connectivity index (χ3v) is 4.01. The van der Waals surface area contributed by atoms with E-state index in [0.29, 0.717) is 54.2 Å². The molecule has 0 atom stereocenters. The van der Waals surface area contributed by atoms with Crippen molar-refractivity contribution in [2.75, 3.05) is 33.5 Å². The van der Waals surface area contributed by atoms with Gasteiger partial charge in [-0.3, -0.25) is 4.79 Å². The Morgan fingerprint density at radius 1 is 1.00 bits per heavy atom. The Balaban J connectivity index is 1.87. The molecular weight excluding hydrogens is 382 g/mol. The van der Waals surface area contributed by atoms with Crippen LogP contribution in [0.2, 0.25) is 5.02 Å². The molecule has 0 saturated heterocycles. The van der Waals surface area contributed by atoms with Gasteiger partial charge < -0.3 is 24.3 Å². The van der Waals surface area contributed by atoms with Crippen LogP contribution < -0.4 is 24.3 Å². The molecule has 0 spiro atoms. The van der Waals surface area contributed by atoms with Crippen molar-refractivity contribution >= 4 is 17.5 Å². The van der Waals surface area contributed by atoms with E-state index < -0.39 is 0 Å². The average molecular weight is 408 g/mol. The number of ether oxygens (including phenoxy) is 4. The molecule has 7 heteroatoms. The summed E-state index contributed by atoms with van der Waals surface area (Å²) in [7, 11) is 1.51. The maximum atomic E-state index is 12.4. The van der Waals surface area contributed by atoms with Gasteiger partial charge in [0.25, 0.3) is 5.91 Å². The lowest BCUT2D eigenvalue weighted by atomic mass is 10.2. The Morgan fingerprint density at radius 2 is 1.68 bits per heavy atom. The number of benzene rings is 2. The lowest BCUT2D eigenvalue weighted by Gasteiger charge is -2.14. The van der Waals surface area contributed by atoms with Crippen LogP contribution in [0, 0.1) is 0 Å². The predicted octanol–water partition coefficient (Wildman–Crippen LogP) is 4.34. The topological polar surface area (TPSA) is 66.0 Å². The minimum absolute atomic E-state index is 0.266. The Morgan fingerprint density at radius 3 is 2.29 bits per heavy atom. The molecule has 0 aliphatic rings. The molecule has 0 aliphatic heterocycles. The van der Waals surface area contributed by atoms with Crippen LogP contribution in [0.5, 0.6) is 23.0 Å². The van der Waals surface area contributed by atoms with Gasteiger partial charge >= 0.3 is 0 Å². The molecule has 0 aromatic heterocycles. The van der Waals surface area contributed by atoms with E-state index in [1.165, 1.54) is 7.11 Å². The number of methoxy groups -OCH3 is 1. The molecule has 1 amide bonds. The molecule has 0 radical (unpaired) electrons. The predicted molar refractivity (Wildman–Crippen MR) is 109 cm³/mol. The van der Waals surface area contributed by atoms with Crippen molar-refractivity contribution in [2.24, 2.45) is 0 Å². The minimum atomic E-state index is -0.266. The Bertz CT molecular complexity index is 764. The smallest absolute Gasteiger partial charge is 0.251 e. The lowest BCUT2D eigenvalue weighted by Crippen LogP contribution is -2.28. The van der Waals surface area contributed by atoms with E-state index in [9.17, 15) is 4.79 Å². The van der Waals surface area contributed by atoms with Crippen LogP contribution >= 0.6 is 11.6 Å². The van der Waals surface area contributed by atoms with Crippen molar-refractivity contribution < 1.29 is 23.7 Å². The number of nitrogens with one attached hydrogen (secondary N) is 1. The van der Waals surface area contributed by atoms with Crippen molar-refractivity contribution in [1.29, 1.82) is 0 Å². The number of hydrogen-bond donors (Lipinski definition) is 1. The molecule has 0 fully saturated rings. The fraction of sp³-hybridized carbons (Fsp3) is 0.381. The monoisotopic (exact) mass is 407 g/mol.